The van der Waals surface area contributed by atoms with Gasteiger partial charge in [0, 0.05) is 56.1 Å². The number of carbonyl (C=O) groups excluding carboxylic acids is 1. The van der Waals surface area contributed by atoms with Crippen LogP contribution in [0.1, 0.15) is 93.3 Å². The standard InChI is InChI=1S/C69H65N5O/c1-44(12-9-13-45(2)23-34-55-49(6)15-11-43-69(55,7)8)14-10-16-64(75)70-54-32-30-53(31-33-54)68-62-41-39-60(73-62)66(51-26-19-47(4)20-27-51)58-37-35-56(71-58)65(50-24-17-46(3)18-25-50)57-36-38-59(72-57)67(61-40-42-63(68)74-61)52-28-21-48(5)22-29-52/h9-10,12-14,16-42,71,74H,11,15,43H2,1-8H3,(H,70,75)/b12-9+,16-10+,34-23+,44-14+,45-13+,65-56?,65-57?,66-58?,66-60?,67-59?,67-61?,68-62?,68-63?. The highest BCUT2D eigenvalue weighted by molar-refractivity contribution is 6.01. The van der Waals surface area contributed by atoms with Crippen LogP contribution in [0.3, 0.4) is 0 Å². The molecule has 0 unspecified atom stereocenters. The zero-order chi connectivity index (χ0) is 52.2. The molecule has 0 saturated heterocycles. The van der Waals surface area contributed by atoms with Crippen LogP contribution in [0.2, 0.25) is 0 Å². The molecule has 2 aliphatic heterocycles. The molecule has 3 aromatic heterocycles. The highest BCUT2D eigenvalue weighted by atomic mass is 16.1. The van der Waals surface area contributed by atoms with Crippen molar-refractivity contribution in [3.8, 4) is 44.5 Å². The molecule has 3 aliphatic rings. The number of anilines is 1. The number of H-pyrrole nitrogens is 2. The fourth-order valence-corrected chi connectivity index (χ4v) is 10.5. The minimum Gasteiger partial charge on any atom is -0.354 e. The van der Waals surface area contributed by atoms with Crippen molar-refractivity contribution < 1.29 is 4.79 Å². The average Bonchev–Trinajstić information content (AvgIpc) is 4.25. The SMILES string of the molecule is CC1=C(/C=C/C(C)=C/C=C/C(C)=C/C=C/C(=O)Nc2ccc(-c3c4nc(c(-c5ccc(C)cc5)c5ccc([nH]5)c(-c5ccc(C)cc5)c5nc(c(-c6ccc(C)cc6)c6ccc3[nH]6)C=C5)C=C4)cc2)C(C)(C)CCC1. The van der Waals surface area contributed by atoms with Gasteiger partial charge in [0.1, 0.15) is 0 Å². The predicted octanol–water partition coefficient (Wildman–Crippen LogP) is 18.3. The number of aryl methyl sites for hydroxylation is 3. The molecule has 6 nitrogen and oxygen atoms in total. The van der Waals surface area contributed by atoms with Crippen LogP contribution in [0, 0.1) is 26.2 Å². The van der Waals surface area contributed by atoms with Crippen molar-refractivity contribution in [3.63, 3.8) is 0 Å². The third-order valence-electron chi connectivity index (χ3n) is 14.6. The van der Waals surface area contributed by atoms with E-state index >= 15 is 0 Å². The Bertz CT molecular complexity index is 3720. The van der Waals surface area contributed by atoms with E-state index in [-0.39, 0.29) is 11.3 Å². The fraction of sp³-hybridized carbons (Fsp3) is 0.174. The molecule has 0 radical (unpaired) electrons. The summed E-state index contributed by atoms with van der Waals surface area (Å²) in [5.74, 6) is -0.209. The molecule has 0 spiro atoms. The normalized spacial score (nSPS) is 14.8. The van der Waals surface area contributed by atoms with Crippen LogP contribution in [0.15, 0.2) is 192 Å². The zero-order valence-electron chi connectivity index (χ0n) is 44.4. The number of hydrogen-bond acceptors (Lipinski definition) is 3. The second kappa shape index (κ2) is 21.5. The van der Waals surface area contributed by atoms with Crippen molar-refractivity contribution >= 4 is 58.0 Å². The molecule has 8 bridgehead atoms. The Morgan fingerprint density at radius 1 is 0.507 bits per heavy atom. The summed E-state index contributed by atoms with van der Waals surface area (Å²) in [6.07, 6.45) is 28.2. The molecule has 3 N–H and O–H groups in total. The summed E-state index contributed by atoms with van der Waals surface area (Å²) < 4.78 is 0. The summed E-state index contributed by atoms with van der Waals surface area (Å²) in [6, 6.07) is 42.6. The van der Waals surface area contributed by atoms with Gasteiger partial charge in [-0.25, -0.2) is 9.97 Å². The van der Waals surface area contributed by atoms with E-state index < -0.39 is 0 Å². The first-order chi connectivity index (χ1) is 36.3. The Labute approximate surface area is 442 Å². The van der Waals surface area contributed by atoms with Crippen molar-refractivity contribution in [2.24, 2.45) is 5.41 Å². The van der Waals surface area contributed by atoms with Gasteiger partial charge in [-0.05, 0) is 155 Å². The number of allylic oxidation sites excluding steroid dienone is 11. The lowest BCUT2D eigenvalue weighted by atomic mass is 9.72. The number of aromatic amines is 2. The second-order valence-electron chi connectivity index (χ2n) is 21.0. The van der Waals surface area contributed by atoms with Crippen LogP contribution >= 0.6 is 0 Å². The van der Waals surface area contributed by atoms with Gasteiger partial charge >= 0.3 is 0 Å². The number of aromatic nitrogens is 4. The number of amides is 1. The Morgan fingerprint density at radius 3 is 1.28 bits per heavy atom. The molecule has 75 heavy (non-hydrogen) atoms. The van der Waals surface area contributed by atoms with Crippen LogP contribution < -0.4 is 5.32 Å². The van der Waals surface area contributed by atoms with E-state index in [1.54, 1.807) is 12.2 Å². The van der Waals surface area contributed by atoms with Gasteiger partial charge in [-0.15, -0.1) is 0 Å². The van der Waals surface area contributed by atoms with Crippen molar-refractivity contribution in [1.29, 1.82) is 0 Å². The Morgan fingerprint density at radius 2 is 0.880 bits per heavy atom. The van der Waals surface area contributed by atoms with Gasteiger partial charge in [-0.1, -0.05) is 175 Å². The number of benzene rings is 4. The van der Waals surface area contributed by atoms with E-state index in [0.29, 0.717) is 5.69 Å². The van der Waals surface area contributed by atoms with Gasteiger partial charge in [0.2, 0.25) is 5.91 Å². The summed E-state index contributed by atoms with van der Waals surface area (Å²) in [6.45, 7) is 17.5. The number of fused-ring (bicyclic) bond motifs is 8. The number of nitrogens with one attached hydrogen (secondary N) is 3. The first kappa shape index (κ1) is 49.9. The van der Waals surface area contributed by atoms with Gasteiger partial charge in [0.05, 0.1) is 22.8 Å². The smallest absolute Gasteiger partial charge is 0.248 e. The van der Waals surface area contributed by atoms with Crippen LogP contribution in [-0.2, 0) is 4.79 Å². The van der Waals surface area contributed by atoms with Gasteiger partial charge < -0.3 is 15.3 Å². The molecule has 372 valence electrons. The first-order valence-corrected chi connectivity index (χ1v) is 26.1. The molecular weight excluding hydrogens is 915 g/mol. The summed E-state index contributed by atoms with van der Waals surface area (Å²) >= 11 is 0. The van der Waals surface area contributed by atoms with Gasteiger partial charge in [0.15, 0.2) is 0 Å². The maximum atomic E-state index is 13.3. The number of nitrogens with zero attached hydrogens (tertiary/aromatic N) is 2. The lowest BCUT2D eigenvalue weighted by Crippen LogP contribution is -2.19. The first-order valence-electron chi connectivity index (χ1n) is 26.1. The maximum Gasteiger partial charge on any atom is 0.248 e. The van der Waals surface area contributed by atoms with Crippen LogP contribution in [0.4, 0.5) is 5.69 Å². The average molecular weight is 980 g/mol. The third kappa shape index (κ3) is 11.2. The third-order valence-corrected chi connectivity index (χ3v) is 14.6. The maximum absolute atomic E-state index is 13.3. The second-order valence-corrected chi connectivity index (χ2v) is 21.0. The molecule has 0 saturated carbocycles. The quantitative estimate of drug-likeness (QED) is 0.0891. The molecule has 1 amide bonds. The largest absolute Gasteiger partial charge is 0.354 e. The molecule has 6 heteroatoms. The zero-order valence-corrected chi connectivity index (χ0v) is 44.4. The van der Waals surface area contributed by atoms with Crippen LogP contribution in [0.25, 0.3) is 90.9 Å². The highest BCUT2D eigenvalue weighted by Crippen LogP contribution is 2.42. The van der Waals surface area contributed by atoms with Gasteiger partial charge in [-0.3, -0.25) is 4.79 Å². The van der Waals surface area contributed by atoms with Crippen molar-refractivity contribution in [2.75, 3.05) is 5.32 Å². The summed E-state index contributed by atoms with van der Waals surface area (Å²) in [5, 5.41) is 3.06. The van der Waals surface area contributed by atoms with Crippen molar-refractivity contribution in [2.45, 2.75) is 74.7 Å². The van der Waals surface area contributed by atoms with E-state index in [9.17, 15) is 4.79 Å². The van der Waals surface area contributed by atoms with Gasteiger partial charge in [0.25, 0.3) is 0 Å². The van der Waals surface area contributed by atoms with Crippen molar-refractivity contribution in [3.05, 3.63) is 232 Å². The Balaban J connectivity index is 1.02. The lowest BCUT2D eigenvalue weighted by molar-refractivity contribution is -0.111. The Hall–Kier alpha value is -8.61. The molecule has 10 rings (SSSR count). The number of rotatable bonds is 11. The monoisotopic (exact) mass is 980 g/mol. The molecule has 7 aromatic rings. The Kier molecular flexibility index (Phi) is 14.3. The highest BCUT2D eigenvalue weighted by Gasteiger charge is 2.26. The van der Waals surface area contributed by atoms with E-state index in [1.165, 1.54) is 52.7 Å². The molecule has 0 atom stereocenters. The fourth-order valence-electron chi connectivity index (χ4n) is 10.5. The molecule has 1 aliphatic carbocycles. The molecule has 5 heterocycles. The van der Waals surface area contributed by atoms with Crippen LogP contribution in [-0.4, -0.2) is 25.8 Å². The molecule has 4 aromatic carbocycles. The molecular formula is C69H65N5O. The summed E-state index contributed by atoms with van der Waals surface area (Å²) in [7, 11) is 0. The van der Waals surface area contributed by atoms with Crippen molar-refractivity contribution in [1.82, 2.24) is 19.9 Å². The minimum absolute atomic E-state index is 0.209. The van der Waals surface area contributed by atoms with Crippen LogP contribution in [0.5, 0.6) is 0 Å². The predicted molar refractivity (Wildman–Crippen MR) is 319 cm³/mol. The minimum atomic E-state index is -0.209. The summed E-state index contributed by atoms with van der Waals surface area (Å²) in [5.41, 5.74) is 24.9. The van der Waals surface area contributed by atoms with Gasteiger partial charge in [-0.2, -0.15) is 0 Å². The summed E-state index contributed by atoms with van der Waals surface area (Å²) in [4.78, 5) is 31.9. The van der Waals surface area contributed by atoms with E-state index in [4.69, 9.17) is 9.97 Å². The van der Waals surface area contributed by atoms with E-state index in [1.807, 2.05) is 25.1 Å². The topological polar surface area (TPSA) is 86.5 Å². The van der Waals surface area contributed by atoms with E-state index in [0.717, 1.165) is 94.9 Å². The lowest BCUT2D eigenvalue weighted by Gasteiger charge is -2.32. The molecule has 0 fully saturated rings. The number of carbonyl (C=O) groups is 1. The number of hydrogen-bond donors (Lipinski definition) is 3. The van der Waals surface area contributed by atoms with E-state index in [2.05, 4.69) is 228 Å².